The minimum atomic E-state index is -0.601. The van der Waals surface area contributed by atoms with E-state index in [4.69, 9.17) is 4.98 Å². The van der Waals surface area contributed by atoms with Gasteiger partial charge in [-0.1, -0.05) is 36.4 Å². The average Bonchev–Trinajstić information content (AvgIpc) is 3.27. The number of nitrogens with zero attached hydrogens (tertiary/aromatic N) is 5. The monoisotopic (exact) mass is 439 g/mol. The van der Waals surface area contributed by atoms with Crippen LogP contribution in [0, 0.1) is 5.82 Å². The van der Waals surface area contributed by atoms with Crippen molar-refractivity contribution in [3.63, 3.8) is 0 Å². The fourth-order valence-corrected chi connectivity index (χ4v) is 3.90. The highest BCUT2D eigenvalue weighted by molar-refractivity contribution is 6.40. The Bertz CT molecular complexity index is 1530. The molecule has 0 aliphatic rings. The van der Waals surface area contributed by atoms with Crippen LogP contribution >= 0.6 is 0 Å². The molecule has 0 bridgehead atoms. The molecule has 0 saturated carbocycles. The molecule has 5 aromatic rings. The van der Waals surface area contributed by atoms with Crippen molar-refractivity contribution < 1.29 is 4.39 Å². The van der Waals surface area contributed by atoms with Crippen LogP contribution in [0.4, 0.5) is 10.2 Å². The van der Waals surface area contributed by atoms with Crippen molar-refractivity contribution in [2.24, 2.45) is 0 Å². The van der Waals surface area contributed by atoms with Gasteiger partial charge in [-0.3, -0.25) is 9.36 Å². The molecule has 0 amide bonds. The maximum atomic E-state index is 14.7. The molecule has 0 aliphatic heterocycles. The Morgan fingerprint density at radius 1 is 1.09 bits per heavy atom. The average molecular weight is 439 g/mol. The van der Waals surface area contributed by atoms with Gasteiger partial charge in [-0.15, -0.1) is 0 Å². The Morgan fingerprint density at radius 3 is 2.64 bits per heavy atom. The van der Waals surface area contributed by atoms with Crippen LogP contribution in [0.2, 0.25) is 5.21 Å². The zero-order valence-electron chi connectivity index (χ0n) is 18.4. The number of hydrogen-bond acceptors (Lipinski definition) is 6. The van der Waals surface area contributed by atoms with Gasteiger partial charge in [0.1, 0.15) is 44.6 Å². The first-order valence-corrected chi connectivity index (χ1v) is 10.5. The molecule has 2 N–H and O–H groups in total. The number of H-pyrrole nitrogens is 1. The van der Waals surface area contributed by atoms with Gasteiger partial charge in [-0.05, 0) is 24.3 Å². The van der Waals surface area contributed by atoms with E-state index >= 15 is 0 Å². The van der Waals surface area contributed by atoms with E-state index in [1.165, 1.54) is 17.0 Å². The highest BCUT2D eigenvalue weighted by atomic mass is 19.1. The van der Waals surface area contributed by atoms with Crippen LogP contribution in [0.3, 0.4) is 0 Å². The van der Waals surface area contributed by atoms with Gasteiger partial charge in [0.2, 0.25) is 0 Å². The molecule has 2 aromatic carbocycles. The van der Waals surface area contributed by atoms with Gasteiger partial charge in [0.15, 0.2) is 11.5 Å². The van der Waals surface area contributed by atoms with Crippen LogP contribution in [-0.4, -0.2) is 45.2 Å². The summed E-state index contributed by atoms with van der Waals surface area (Å²) >= 11 is 0. The standard InChI is InChI=1S/C22H20B2FN7O/c1-22(23,24)17(31-19-16-18(27-10-26-16)28-11-29-19)20-30-14-9-5-8-13(25)15(14)21(33)32(20)12-6-3-2-4-7-12/h2-11,17H,23-24H2,1H3,(H2,26,27,28,29,31)/t17-/m1/s1. The van der Waals surface area contributed by atoms with E-state index in [9.17, 15) is 9.18 Å². The Morgan fingerprint density at radius 2 is 1.88 bits per heavy atom. The van der Waals surface area contributed by atoms with E-state index in [-0.39, 0.29) is 5.39 Å². The van der Waals surface area contributed by atoms with Crippen molar-refractivity contribution >= 4 is 43.6 Å². The second-order valence-corrected chi connectivity index (χ2v) is 8.85. The fourth-order valence-electron chi connectivity index (χ4n) is 3.90. The Kier molecular flexibility index (Phi) is 4.96. The van der Waals surface area contributed by atoms with E-state index in [0.29, 0.717) is 34.0 Å². The van der Waals surface area contributed by atoms with Crippen molar-refractivity contribution in [2.75, 3.05) is 5.32 Å². The predicted octanol–water partition coefficient (Wildman–Crippen LogP) is 1.75. The minimum absolute atomic E-state index is 0.0468. The van der Waals surface area contributed by atoms with Gasteiger partial charge < -0.3 is 10.3 Å². The number of imidazole rings is 1. The number of para-hydroxylation sites is 1. The third-order valence-electron chi connectivity index (χ3n) is 5.51. The van der Waals surface area contributed by atoms with Gasteiger partial charge in [-0.25, -0.2) is 24.3 Å². The number of fused-ring (bicyclic) bond motifs is 2. The summed E-state index contributed by atoms with van der Waals surface area (Å²) < 4.78 is 16.2. The van der Waals surface area contributed by atoms with Crippen LogP contribution in [0.1, 0.15) is 18.8 Å². The summed E-state index contributed by atoms with van der Waals surface area (Å²) in [6.45, 7) is 2.03. The second-order valence-electron chi connectivity index (χ2n) is 8.85. The van der Waals surface area contributed by atoms with Gasteiger partial charge >= 0.3 is 0 Å². The lowest BCUT2D eigenvalue weighted by Gasteiger charge is -2.33. The Balaban J connectivity index is 1.80. The molecule has 0 saturated heterocycles. The molecule has 0 aliphatic carbocycles. The van der Waals surface area contributed by atoms with Gasteiger partial charge in [0.25, 0.3) is 5.56 Å². The van der Waals surface area contributed by atoms with E-state index in [1.807, 2.05) is 40.8 Å². The molecule has 33 heavy (non-hydrogen) atoms. The van der Waals surface area contributed by atoms with E-state index in [1.54, 1.807) is 30.6 Å². The maximum Gasteiger partial charge on any atom is 0.269 e. The van der Waals surface area contributed by atoms with Crippen LogP contribution in [0.5, 0.6) is 0 Å². The smallest absolute Gasteiger partial charge is 0.269 e. The summed E-state index contributed by atoms with van der Waals surface area (Å²) in [6.07, 6.45) is 2.99. The highest BCUT2D eigenvalue weighted by Gasteiger charge is 2.32. The molecule has 1 atom stereocenters. The molecule has 0 fully saturated rings. The maximum absolute atomic E-state index is 14.7. The Hall–Kier alpha value is -4.01. The summed E-state index contributed by atoms with van der Waals surface area (Å²) in [4.78, 5) is 34.3. The lowest BCUT2D eigenvalue weighted by atomic mass is 9.51. The number of benzene rings is 2. The quantitative estimate of drug-likeness (QED) is 0.405. The van der Waals surface area contributed by atoms with Crippen molar-refractivity contribution in [3.8, 4) is 5.69 Å². The number of aromatic amines is 1. The molecular weight excluding hydrogens is 419 g/mol. The van der Waals surface area contributed by atoms with Crippen molar-refractivity contribution in [1.82, 2.24) is 29.5 Å². The van der Waals surface area contributed by atoms with Crippen molar-refractivity contribution in [1.29, 1.82) is 0 Å². The number of rotatable bonds is 5. The van der Waals surface area contributed by atoms with Gasteiger partial charge in [0.05, 0.1) is 23.6 Å². The molecule has 8 nitrogen and oxygen atoms in total. The molecule has 3 heterocycles. The van der Waals surface area contributed by atoms with Crippen LogP contribution in [-0.2, 0) is 0 Å². The zero-order valence-corrected chi connectivity index (χ0v) is 18.4. The molecule has 0 radical (unpaired) electrons. The molecular formula is C22H20B2FN7O. The second kappa shape index (κ2) is 7.84. The molecule has 0 unspecified atom stereocenters. The molecule has 3 aromatic heterocycles. The van der Waals surface area contributed by atoms with E-state index in [0.717, 1.165) is 0 Å². The molecule has 11 heteroatoms. The van der Waals surface area contributed by atoms with Crippen LogP contribution < -0.4 is 10.9 Å². The number of anilines is 1. The topological polar surface area (TPSA) is 101 Å². The predicted molar refractivity (Wildman–Crippen MR) is 131 cm³/mol. The summed E-state index contributed by atoms with van der Waals surface area (Å²) in [7, 11) is 4.07. The first-order chi connectivity index (χ1) is 15.8. The highest BCUT2D eigenvalue weighted by Crippen LogP contribution is 2.37. The fraction of sp³-hybridized carbons (Fsp3) is 0.136. The van der Waals surface area contributed by atoms with Crippen LogP contribution in [0.15, 0.2) is 66.0 Å². The number of aromatic nitrogens is 6. The minimum Gasteiger partial charge on any atom is -0.359 e. The zero-order chi connectivity index (χ0) is 23.2. The third-order valence-corrected chi connectivity index (χ3v) is 5.51. The van der Waals surface area contributed by atoms with E-state index < -0.39 is 22.6 Å². The lowest BCUT2D eigenvalue weighted by Crippen LogP contribution is -2.34. The Labute approximate surface area is 190 Å². The molecule has 5 rings (SSSR count). The number of hydrogen-bond donors (Lipinski definition) is 2. The van der Waals surface area contributed by atoms with Crippen molar-refractivity contribution in [2.45, 2.75) is 18.2 Å². The van der Waals surface area contributed by atoms with Crippen LogP contribution in [0.25, 0.3) is 27.8 Å². The van der Waals surface area contributed by atoms with Gasteiger partial charge in [-0.2, -0.15) is 0 Å². The summed E-state index contributed by atoms with van der Waals surface area (Å²) in [5, 5.41) is 2.97. The first-order valence-electron chi connectivity index (χ1n) is 10.5. The van der Waals surface area contributed by atoms with E-state index in [2.05, 4.69) is 25.3 Å². The lowest BCUT2D eigenvalue weighted by molar-refractivity contribution is 0.611. The molecule has 0 spiro atoms. The SMILES string of the molecule is BC(B)(C)[C@H](Nc1ncnc2[nH]cnc12)c1nc2cccc(F)c2c(=O)n1-c1ccccc1. The number of halogens is 1. The van der Waals surface area contributed by atoms with Crippen molar-refractivity contribution in [3.05, 3.63) is 83.2 Å². The van der Waals surface area contributed by atoms with Gasteiger partial charge in [0, 0.05) is 0 Å². The largest absolute Gasteiger partial charge is 0.359 e. The normalized spacial score (nSPS) is 12.8. The summed E-state index contributed by atoms with van der Waals surface area (Å²) in [5.41, 5.74) is 1.59. The number of nitrogens with one attached hydrogen (secondary N) is 2. The summed E-state index contributed by atoms with van der Waals surface area (Å²) in [5.74, 6) is 0.351. The summed E-state index contributed by atoms with van der Waals surface area (Å²) in [6, 6.07) is 13.1. The first kappa shape index (κ1) is 20.9. The third kappa shape index (κ3) is 3.65. The molecule has 162 valence electrons.